The average molecular weight is 558 g/mol. The number of phenols is 1. The van der Waals surface area contributed by atoms with Crippen molar-refractivity contribution in [3.63, 3.8) is 0 Å². The first-order valence-corrected chi connectivity index (χ1v) is 13.0. The largest absolute Gasteiger partial charge is 0.507 e. The van der Waals surface area contributed by atoms with E-state index in [1.165, 1.54) is 5.56 Å². The summed E-state index contributed by atoms with van der Waals surface area (Å²) in [6, 6.07) is 14.1. The molecule has 1 aliphatic heterocycles. The number of likely N-dealkylation sites (tertiary alicyclic amines) is 1. The number of Topliss-reactive ketones (excluding diaryl/α,β-unsaturated/α-hetero) is 1. The Bertz CT molecular complexity index is 1030. The zero-order chi connectivity index (χ0) is 26.1. The zero-order valence-electron chi connectivity index (χ0n) is 23.3. The quantitative estimate of drug-likeness (QED) is 0.345. The van der Waals surface area contributed by atoms with Gasteiger partial charge < -0.3 is 10.0 Å². The first-order valence-electron chi connectivity index (χ1n) is 13.0. The van der Waals surface area contributed by atoms with Gasteiger partial charge in [-0.1, -0.05) is 85.7 Å². The predicted octanol–water partition coefficient (Wildman–Crippen LogP) is 7.56. The van der Waals surface area contributed by atoms with Crippen LogP contribution in [0.4, 0.5) is 0 Å². The molecule has 0 spiro atoms. The van der Waals surface area contributed by atoms with Gasteiger partial charge in [-0.25, -0.2) is 0 Å². The Balaban J connectivity index is 0.00000456. The molecule has 2 aromatic rings. The van der Waals surface area contributed by atoms with Crippen LogP contribution >= 0.6 is 17.0 Å². The summed E-state index contributed by atoms with van der Waals surface area (Å²) >= 11 is 0. The topological polar surface area (TPSA) is 64.4 Å². The summed E-state index contributed by atoms with van der Waals surface area (Å²) in [6.45, 7) is 17.8. The second kappa shape index (κ2) is 11.5. The van der Waals surface area contributed by atoms with Crippen LogP contribution in [0.25, 0.3) is 0 Å². The molecule has 0 bridgehead atoms. The Morgan fingerprint density at radius 1 is 1.03 bits per heavy atom. The molecule has 1 fully saturated rings. The number of nitrogens with zero attached hydrogens (tertiary/aromatic N) is 1. The summed E-state index contributed by atoms with van der Waals surface area (Å²) in [5.41, 5.74) is 2.88. The number of ketones is 1. The number of carbonyl (C=O) groups is 1. The van der Waals surface area contributed by atoms with Crippen molar-refractivity contribution in [1.29, 1.82) is 5.41 Å². The van der Waals surface area contributed by atoms with E-state index >= 15 is 0 Å². The maximum Gasteiger partial charge on any atom is 0.182 e. The first-order chi connectivity index (χ1) is 16.2. The lowest BCUT2D eigenvalue weighted by atomic mass is 9.78. The van der Waals surface area contributed by atoms with Gasteiger partial charge in [-0.2, -0.15) is 0 Å². The van der Waals surface area contributed by atoms with Crippen molar-refractivity contribution in [3.8, 4) is 5.75 Å². The highest BCUT2D eigenvalue weighted by atomic mass is 79.9. The highest BCUT2D eigenvalue weighted by molar-refractivity contribution is 8.93. The number of halogens is 1. The van der Waals surface area contributed by atoms with Gasteiger partial charge in [-0.3, -0.25) is 10.2 Å². The van der Waals surface area contributed by atoms with Gasteiger partial charge in [-0.05, 0) is 53.2 Å². The molecule has 2 aromatic carbocycles. The first kappa shape index (κ1) is 30.1. The van der Waals surface area contributed by atoms with Crippen LogP contribution in [-0.2, 0) is 17.3 Å². The molecule has 36 heavy (non-hydrogen) atoms. The van der Waals surface area contributed by atoms with E-state index in [1.54, 1.807) is 0 Å². The van der Waals surface area contributed by atoms with Crippen molar-refractivity contribution in [3.05, 3.63) is 64.7 Å². The number of hydrogen-bond acceptors (Lipinski definition) is 3. The Labute approximate surface area is 228 Å². The van der Waals surface area contributed by atoms with Crippen molar-refractivity contribution in [2.45, 2.75) is 79.1 Å². The molecular formula is C31H45BrN2O2. The fourth-order valence-corrected chi connectivity index (χ4v) is 5.30. The van der Waals surface area contributed by atoms with E-state index < -0.39 is 0 Å². The van der Waals surface area contributed by atoms with Gasteiger partial charge in [0.05, 0.1) is 6.54 Å². The highest BCUT2D eigenvalue weighted by Crippen LogP contribution is 2.40. The number of aromatic hydroxyl groups is 1. The molecule has 5 heteroatoms. The van der Waals surface area contributed by atoms with Gasteiger partial charge >= 0.3 is 0 Å². The van der Waals surface area contributed by atoms with E-state index in [1.807, 2.05) is 23.1 Å². The average Bonchev–Trinajstić information content (AvgIpc) is 3.01. The van der Waals surface area contributed by atoms with Gasteiger partial charge in [0.15, 0.2) is 5.78 Å². The molecule has 0 radical (unpaired) electrons. The summed E-state index contributed by atoms with van der Waals surface area (Å²) in [7, 11) is 0. The molecule has 198 valence electrons. The molecule has 0 unspecified atom stereocenters. The molecule has 2 N–H and O–H groups in total. The zero-order valence-corrected chi connectivity index (χ0v) is 25.0. The van der Waals surface area contributed by atoms with Crippen LogP contribution in [0.2, 0.25) is 0 Å². The monoisotopic (exact) mass is 556 g/mol. The molecule has 3 rings (SSSR count). The third-order valence-corrected chi connectivity index (χ3v) is 7.17. The standard InChI is InChI=1S/C31H44N2O2.BrH/c1-20(2)14-23-18-33(29(32)24(23)15-21-12-10-9-11-13-21)19-27(34)22-16-25(30(3,4)5)28(35)26(17-22)31(6,7)8;/h9-13,16-17,20,23-24,32,35H,14-15,18-19H2,1-8H3;1H/t23-,24+;/m0./s1. The molecule has 4 nitrogen and oxygen atoms in total. The van der Waals surface area contributed by atoms with Crippen LogP contribution in [0.5, 0.6) is 5.75 Å². The minimum absolute atomic E-state index is 0. The maximum absolute atomic E-state index is 13.6. The summed E-state index contributed by atoms with van der Waals surface area (Å²) in [5.74, 6) is 1.92. The van der Waals surface area contributed by atoms with Gasteiger partial charge in [-0.15, -0.1) is 17.0 Å². The highest BCUT2D eigenvalue weighted by Gasteiger charge is 2.38. The molecular weight excluding hydrogens is 512 g/mol. The smallest absolute Gasteiger partial charge is 0.182 e. The van der Waals surface area contributed by atoms with Crippen molar-refractivity contribution >= 4 is 28.6 Å². The van der Waals surface area contributed by atoms with Crippen LogP contribution in [0.15, 0.2) is 42.5 Å². The molecule has 2 atom stereocenters. The number of carbonyl (C=O) groups excluding carboxylic acids is 1. The van der Waals surface area contributed by atoms with Crippen LogP contribution in [-0.4, -0.2) is 34.7 Å². The number of benzene rings is 2. The number of phenolic OH excluding ortho intramolecular Hbond substituents is 1. The summed E-state index contributed by atoms with van der Waals surface area (Å²) < 4.78 is 0. The van der Waals surface area contributed by atoms with E-state index in [-0.39, 0.29) is 51.8 Å². The summed E-state index contributed by atoms with van der Waals surface area (Å²) in [5, 5.41) is 20.0. The fourth-order valence-electron chi connectivity index (χ4n) is 5.30. The maximum atomic E-state index is 13.6. The van der Waals surface area contributed by atoms with E-state index in [0.717, 1.165) is 30.5 Å². The second-order valence-corrected chi connectivity index (χ2v) is 12.8. The summed E-state index contributed by atoms with van der Waals surface area (Å²) in [6.07, 6.45) is 1.88. The lowest BCUT2D eigenvalue weighted by Crippen LogP contribution is -2.33. The predicted molar refractivity (Wildman–Crippen MR) is 156 cm³/mol. The second-order valence-electron chi connectivity index (χ2n) is 12.8. The minimum atomic E-state index is -0.288. The Morgan fingerprint density at radius 2 is 1.56 bits per heavy atom. The van der Waals surface area contributed by atoms with Crippen molar-refractivity contribution in [2.75, 3.05) is 13.1 Å². The lowest BCUT2D eigenvalue weighted by Gasteiger charge is -2.28. The van der Waals surface area contributed by atoms with Gasteiger partial charge in [0.2, 0.25) is 0 Å². The number of nitrogens with one attached hydrogen (secondary N) is 1. The molecule has 1 heterocycles. The molecule has 1 saturated heterocycles. The van der Waals surface area contributed by atoms with Crippen LogP contribution in [0, 0.1) is 23.2 Å². The van der Waals surface area contributed by atoms with Crippen LogP contribution in [0.3, 0.4) is 0 Å². The molecule has 0 amide bonds. The van der Waals surface area contributed by atoms with Crippen molar-refractivity contribution < 1.29 is 9.90 Å². The van der Waals surface area contributed by atoms with E-state index in [2.05, 4.69) is 79.7 Å². The third kappa shape index (κ3) is 7.00. The van der Waals surface area contributed by atoms with E-state index in [9.17, 15) is 9.90 Å². The molecule has 1 aliphatic rings. The SMILES string of the molecule is Br.CC(C)C[C@H]1CN(CC(=O)c2cc(C(C)(C)C)c(O)c(C(C)(C)C)c2)C(=N)[C@@H]1Cc1ccccc1. The van der Waals surface area contributed by atoms with Crippen molar-refractivity contribution in [1.82, 2.24) is 4.90 Å². The summed E-state index contributed by atoms with van der Waals surface area (Å²) in [4.78, 5) is 15.6. The lowest BCUT2D eigenvalue weighted by molar-refractivity contribution is 0.0962. The normalized spacial score (nSPS) is 18.5. The van der Waals surface area contributed by atoms with Crippen molar-refractivity contribution in [2.24, 2.45) is 17.8 Å². The van der Waals surface area contributed by atoms with Gasteiger partial charge in [0, 0.05) is 29.2 Å². The minimum Gasteiger partial charge on any atom is -0.507 e. The third-order valence-electron chi connectivity index (χ3n) is 7.17. The molecule has 0 aliphatic carbocycles. The molecule has 0 aromatic heterocycles. The number of hydrogen-bond donors (Lipinski definition) is 2. The van der Waals surface area contributed by atoms with Crippen LogP contribution < -0.4 is 0 Å². The number of amidine groups is 1. The fraction of sp³-hybridized carbons (Fsp3) is 0.548. The Kier molecular flexibility index (Phi) is 9.61. The van der Waals surface area contributed by atoms with Gasteiger partial charge in [0.1, 0.15) is 11.6 Å². The molecule has 0 saturated carbocycles. The van der Waals surface area contributed by atoms with Gasteiger partial charge in [0.25, 0.3) is 0 Å². The van der Waals surface area contributed by atoms with E-state index in [0.29, 0.717) is 23.2 Å². The Morgan fingerprint density at radius 3 is 2.03 bits per heavy atom. The number of rotatable bonds is 7. The Hall–Kier alpha value is -2.14. The van der Waals surface area contributed by atoms with E-state index in [4.69, 9.17) is 5.41 Å². The van der Waals surface area contributed by atoms with Crippen LogP contribution in [0.1, 0.15) is 88.9 Å².